The molecule has 0 aromatic rings. The largest absolute Gasteiger partial charge is 0.469 e. The van der Waals surface area contributed by atoms with Crippen molar-refractivity contribution in [2.75, 3.05) is 46.6 Å². The summed E-state index contributed by atoms with van der Waals surface area (Å²) in [6.07, 6.45) is 4.20. The molecule has 2 N–H and O–H groups in total. The minimum atomic E-state index is -0.686. The van der Waals surface area contributed by atoms with Gasteiger partial charge in [-0.25, -0.2) is 4.79 Å². The maximum Gasteiger partial charge on any atom is 0.330 e. The van der Waals surface area contributed by atoms with Crippen LogP contribution >= 0.6 is 0 Å². The van der Waals surface area contributed by atoms with Crippen molar-refractivity contribution in [3.05, 3.63) is 12.7 Å². The topological polar surface area (TPSA) is 190 Å². The molecule has 14 heteroatoms. The summed E-state index contributed by atoms with van der Waals surface area (Å²) < 4.78 is 24.1. The third-order valence-corrected chi connectivity index (χ3v) is 4.94. The van der Waals surface area contributed by atoms with Gasteiger partial charge in [-0.1, -0.05) is 6.58 Å². The monoisotopic (exact) mass is 572 g/mol. The predicted molar refractivity (Wildman–Crippen MR) is 138 cm³/mol. The summed E-state index contributed by atoms with van der Waals surface area (Å²) in [6.45, 7) is 3.77. The number of rotatable bonds is 23. The highest BCUT2D eigenvalue weighted by Gasteiger charge is 2.12. The van der Waals surface area contributed by atoms with E-state index in [4.69, 9.17) is 14.2 Å². The first-order chi connectivity index (χ1) is 19.2. The SMILES string of the molecule is C=CC(=O)OCCOC(=O)CCCCCOC(=O)CCCCCOC(=O)CC(=O)NCCNC(=O)CC(=O)OC. The molecule has 0 aliphatic heterocycles. The molecule has 14 nitrogen and oxygen atoms in total. The Bertz CT molecular complexity index is 844. The average molecular weight is 573 g/mol. The Morgan fingerprint density at radius 2 is 1.02 bits per heavy atom. The summed E-state index contributed by atoms with van der Waals surface area (Å²) in [5.41, 5.74) is 0. The average Bonchev–Trinajstić information content (AvgIpc) is 2.92. The van der Waals surface area contributed by atoms with E-state index >= 15 is 0 Å². The van der Waals surface area contributed by atoms with Gasteiger partial charge in [-0.05, 0) is 38.5 Å². The molecule has 0 saturated carbocycles. The van der Waals surface area contributed by atoms with Crippen LogP contribution in [0.3, 0.4) is 0 Å². The van der Waals surface area contributed by atoms with Crippen LogP contribution < -0.4 is 10.6 Å². The van der Waals surface area contributed by atoms with Crippen LogP contribution in [0.2, 0.25) is 0 Å². The van der Waals surface area contributed by atoms with E-state index < -0.39 is 48.5 Å². The van der Waals surface area contributed by atoms with Crippen molar-refractivity contribution in [1.29, 1.82) is 0 Å². The molecule has 0 aliphatic carbocycles. The molecular weight excluding hydrogens is 532 g/mol. The summed E-state index contributed by atoms with van der Waals surface area (Å²) in [5, 5.41) is 4.87. The Labute approximate surface area is 233 Å². The predicted octanol–water partition coefficient (Wildman–Crippen LogP) is 0.652. The van der Waals surface area contributed by atoms with E-state index in [1.165, 1.54) is 7.11 Å². The van der Waals surface area contributed by atoms with Crippen molar-refractivity contribution >= 4 is 41.7 Å². The maximum atomic E-state index is 11.8. The molecule has 0 aromatic heterocycles. The van der Waals surface area contributed by atoms with E-state index in [1.807, 2.05) is 0 Å². The van der Waals surface area contributed by atoms with E-state index in [2.05, 4.69) is 26.7 Å². The van der Waals surface area contributed by atoms with Gasteiger partial charge < -0.3 is 34.3 Å². The van der Waals surface area contributed by atoms with Crippen LogP contribution in [0, 0.1) is 0 Å². The number of hydrogen-bond acceptors (Lipinski definition) is 12. The van der Waals surface area contributed by atoms with Gasteiger partial charge >= 0.3 is 29.8 Å². The summed E-state index contributed by atoms with van der Waals surface area (Å²) in [5.74, 6) is -3.75. The lowest BCUT2D eigenvalue weighted by atomic mass is 10.2. The van der Waals surface area contributed by atoms with Crippen molar-refractivity contribution in [1.82, 2.24) is 10.6 Å². The molecule has 226 valence electrons. The molecule has 2 amide bonds. The quantitative estimate of drug-likeness (QED) is 0.0572. The molecule has 0 unspecified atom stereocenters. The highest BCUT2D eigenvalue weighted by molar-refractivity contribution is 5.95. The third-order valence-electron chi connectivity index (χ3n) is 4.94. The number of nitrogens with one attached hydrogen (secondary N) is 2. The fourth-order valence-corrected chi connectivity index (χ4v) is 2.88. The summed E-state index contributed by atoms with van der Waals surface area (Å²) in [7, 11) is 1.17. The minimum Gasteiger partial charge on any atom is -0.469 e. The van der Waals surface area contributed by atoms with Crippen molar-refractivity contribution < 1.29 is 57.2 Å². The van der Waals surface area contributed by atoms with Crippen LogP contribution in [0.5, 0.6) is 0 Å². The van der Waals surface area contributed by atoms with E-state index in [9.17, 15) is 33.6 Å². The first kappa shape index (κ1) is 36.0. The lowest BCUT2D eigenvalue weighted by Crippen LogP contribution is -2.36. The van der Waals surface area contributed by atoms with Crippen LogP contribution in [-0.4, -0.2) is 88.3 Å². The highest BCUT2D eigenvalue weighted by atomic mass is 16.6. The van der Waals surface area contributed by atoms with Crippen LogP contribution in [0.1, 0.15) is 64.2 Å². The second-order valence-corrected chi connectivity index (χ2v) is 8.28. The number of carbonyl (C=O) groups is 7. The van der Waals surface area contributed by atoms with Gasteiger partial charge in [0.15, 0.2) is 0 Å². The Kier molecular flexibility index (Phi) is 21.7. The molecule has 0 radical (unpaired) electrons. The first-order valence-electron chi connectivity index (χ1n) is 13.0. The number of hydrogen-bond donors (Lipinski definition) is 2. The van der Waals surface area contributed by atoms with Gasteiger partial charge in [0.1, 0.15) is 26.1 Å². The highest BCUT2D eigenvalue weighted by Crippen LogP contribution is 2.05. The first-order valence-corrected chi connectivity index (χ1v) is 13.0. The van der Waals surface area contributed by atoms with Crippen LogP contribution in [-0.2, 0) is 57.2 Å². The smallest absolute Gasteiger partial charge is 0.330 e. The number of methoxy groups -OCH3 is 1. The zero-order valence-corrected chi connectivity index (χ0v) is 23.0. The Morgan fingerprint density at radius 3 is 1.52 bits per heavy atom. The molecule has 0 aromatic carbocycles. The lowest BCUT2D eigenvalue weighted by molar-refractivity contribution is -0.149. The second-order valence-electron chi connectivity index (χ2n) is 8.28. The van der Waals surface area contributed by atoms with Gasteiger partial charge in [0, 0.05) is 32.0 Å². The lowest BCUT2D eigenvalue weighted by Gasteiger charge is -2.08. The third kappa shape index (κ3) is 23.2. The van der Waals surface area contributed by atoms with Crippen LogP contribution in [0.15, 0.2) is 12.7 Å². The second kappa shape index (κ2) is 24.1. The fourth-order valence-electron chi connectivity index (χ4n) is 2.88. The summed E-state index contributed by atoms with van der Waals surface area (Å²) in [4.78, 5) is 79.8. The molecule has 0 bridgehead atoms. The summed E-state index contributed by atoms with van der Waals surface area (Å²) >= 11 is 0. The zero-order valence-electron chi connectivity index (χ0n) is 23.0. The Hall–Kier alpha value is -3.97. The molecule has 0 spiro atoms. The van der Waals surface area contributed by atoms with Crippen molar-refractivity contribution in [2.24, 2.45) is 0 Å². The number of amides is 2. The molecular formula is C26H40N2O12. The number of ether oxygens (including phenoxy) is 5. The van der Waals surface area contributed by atoms with Gasteiger partial charge in [0.05, 0.1) is 20.3 Å². The van der Waals surface area contributed by atoms with E-state index in [-0.39, 0.29) is 58.3 Å². The van der Waals surface area contributed by atoms with Crippen molar-refractivity contribution in [3.63, 3.8) is 0 Å². The van der Waals surface area contributed by atoms with Crippen molar-refractivity contribution in [3.8, 4) is 0 Å². The van der Waals surface area contributed by atoms with Crippen LogP contribution in [0.25, 0.3) is 0 Å². The van der Waals surface area contributed by atoms with Gasteiger partial charge in [-0.3, -0.25) is 28.8 Å². The standard InChI is InChI=1S/C26H40N2O12/c1-3-22(31)39-16-17-40-24(33)11-7-4-8-14-37-23(32)10-6-5-9-15-38-26(35)19-21(30)28-13-12-27-20(29)18-25(34)36-2/h3H,1,4-19H2,2H3,(H,27,29)(H,28,30). The Balaban J connectivity index is 3.58. The van der Waals surface area contributed by atoms with Crippen LogP contribution in [0.4, 0.5) is 0 Å². The zero-order chi connectivity index (χ0) is 30.0. The maximum absolute atomic E-state index is 11.8. The molecule has 0 saturated heterocycles. The van der Waals surface area contributed by atoms with Gasteiger partial charge in [0.25, 0.3) is 0 Å². The molecule has 0 atom stereocenters. The Morgan fingerprint density at radius 1 is 0.575 bits per heavy atom. The fraction of sp³-hybridized carbons (Fsp3) is 0.654. The summed E-state index contributed by atoms with van der Waals surface area (Å²) in [6, 6.07) is 0. The van der Waals surface area contributed by atoms with Gasteiger partial charge in [0.2, 0.25) is 11.8 Å². The van der Waals surface area contributed by atoms with Gasteiger partial charge in [-0.2, -0.15) is 0 Å². The van der Waals surface area contributed by atoms with E-state index in [0.717, 1.165) is 6.08 Å². The molecule has 0 aliphatic rings. The van der Waals surface area contributed by atoms with E-state index in [0.29, 0.717) is 38.5 Å². The molecule has 0 fully saturated rings. The number of carbonyl (C=O) groups excluding carboxylic acids is 7. The molecule has 40 heavy (non-hydrogen) atoms. The normalized spacial score (nSPS) is 10.0. The number of esters is 5. The van der Waals surface area contributed by atoms with Gasteiger partial charge in [-0.15, -0.1) is 0 Å². The van der Waals surface area contributed by atoms with E-state index in [1.54, 1.807) is 0 Å². The molecule has 0 rings (SSSR count). The minimum absolute atomic E-state index is 0.0126. The van der Waals surface area contributed by atoms with Crippen molar-refractivity contribution in [2.45, 2.75) is 64.2 Å². The number of unbranched alkanes of at least 4 members (excludes halogenated alkanes) is 4. The molecule has 0 heterocycles.